The van der Waals surface area contributed by atoms with Crippen LogP contribution >= 0.6 is 0 Å². The van der Waals surface area contributed by atoms with Gasteiger partial charge in [-0.2, -0.15) is 39.5 Å². The van der Waals surface area contributed by atoms with Gasteiger partial charge in [0.15, 0.2) is 0 Å². The van der Waals surface area contributed by atoms with E-state index < -0.39 is 61.0 Å². The molecular formula is C19H19F10NO2. The van der Waals surface area contributed by atoms with Gasteiger partial charge in [0.1, 0.15) is 6.10 Å². The molecule has 2 saturated heterocycles. The van der Waals surface area contributed by atoms with Crippen molar-refractivity contribution in [2.75, 3.05) is 19.8 Å². The molecule has 0 aliphatic carbocycles. The van der Waals surface area contributed by atoms with Crippen LogP contribution in [-0.2, 0) is 15.7 Å². The molecule has 0 amide bonds. The second kappa shape index (κ2) is 8.64. The maximum atomic E-state index is 14.7. The van der Waals surface area contributed by atoms with Crippen LogP contribution in [0.15, 0.2) is 18.2 Å². The molecule has 182 valence electrons. The molecule has 2 aliphatic heterocycles. The summed E-state index contributed by atoms with van der Waals surface area (Å²) in [4.78, 5) is 0. The Hall–Kier alpha value is -1.60. The Morgan fingerprint density at radius 3 is 1.78 bits per heavy atom. The van der Waals surface area contributed by atoms with Gasteiger partial charge in [0, 0.05) is 32.2 Å². The number of benzene rings is 1. The summed E-state index contributed by atoms with van der Waals surface area (Å²) in [5.74, 6) is 0. The lowest BCUT2D eigenvalue weighted by atomic mass is 9.89. The largest absolute Gasteiger partial charge is 0.434 e. The fourth-order valence-corrected chi connectivity index (χ4v) is 3.54. The molecule has 0 saturated carbocycles. The van der Waals surface area contributed by atoms with Crippen molar-refractivity contribution in [3.63, 3.8) is 0 Å². The maximum Gasteiger partial charge on any atom is 0.434 e. The van der Waals surface area contributed by atoms with E-state index in [-0.39, 0.29) is 30.6 Å². The molecule has 2 fully saturated rings. The van der Waals surface area contributed by atoms with Crippen LogP contribution in [0.5, 0.6) is 0 Å². The Labute approximate surface area is 176 Å². The average molecular weight is 483 g/mol. The van der Waals surface area contributed by atoms with Crippen LogP contribution in [0, 0.1) is 0 Å². The zero-order valence-corrected chi connectivity index (χ0v) is 16.3. The maximum absolute atomic E-state index is 14.7. The van der Waals surface area contributed by atoms with Crippen LogP contribution in [0.4, 0.5) is 43.9 Å². The molecule has 1 N–H and O–H groups in total. The van der Waals surface area contributed by atoms with Crippen LogP contribution in [0.1, 0.15) is 48.1 Å². The van der Waals surface area contributed by atoms with E-state index in [1.54, 1.807) is 0 Å². The molecule has 0 spiro atoms. The molecule has 0 aromatic heterocycles. The van der Waals surface area contributed by atoms with E-state index in [1.807, 2.05) is 0 Å². The van der Waals surface area contributed by atoms with Crippen LogP contribution in [0.25, 0.3) is 0 Å². The van der Waals surface area contributed by atoms with E-state index in [4.69, 9.17) is 9.47 Å². The monoisotopic (exact) mass is 483 g/mol. The number of nitrogens with one attached hydrogen (secondary N) is 1. The highest BCUT2D eigenvalue weighted by Gasteiger charge is 2.76. The van der Waals surface area contributed by atoms with Crippen molar-refractivity contribution in [2.45, 2.75) is 61.7 Å². The van der Waals surface area contributed by atoms with Crippen molar-refractivity contribution in [2.24, 2.45) is 0 Å². The number of ether oxygens (including phenoxy) is 2. The molecule has 3 nitrogen and oxygen atoms in total. The van der Waals surface area contributed by atoms with Gasteiger partial charge in [-0.3, -0.25) is 0 Å². The smallest absolute Gasteiger partial charge is 0.374 e. The number of hydrogen-bond acceptors (Lipinski definition) is 3. The molecule has 0 bridgehead atoms. The fraction of sp³-hybridized carbons (Fsp3) is 0.684. The molecule has 1 aromatic carbocycles. The molecular weight excluding hydrogens is 464 g/mol. The molecule has 32 heavy (non-hydrogen) atoms. The molecule has 1 aromatic rings. The summed E-state index contributed by atoms with van der Waals surface area (Å²) < 4.78 is 144. The Morgan fingerprint density at radius 1 is 0.750 bits per heavy atom. The van der Waals surface area contributed by atoms with Crippen LogP contribution < -0.4 is 5.32 Å². The fourth-order valence-electron chi connectivity index (χ4n) is 3.54. The number of alkyl halides is 10. The van der Waals surface area contributed by atoms with Gasteiger partial charge >= 0.3 is 24.2 Å². The summed E-state index contributed by atoms with van der Waals surface area (Å²) in [5.41, 5.74) is -7.02. The standard InChI is InChI=1S/C19H19F10NO2/c20-16(18(24,25)26,19(27,28)29)15-8-14(31-3-1-2-4-32-15)11-5-10(13-9-30-13)6-12(7-11)17(21,22)23/h5-7,13-15,30H,1-4,8-9H2. The topological polar surface area (TPSA) is 40.4 Å². The molecule has 3 unspecified atom stereocenters. The van der Waals surface area contributed by atoms with Crippen LogP contribution in [0.3, 0.4) is 0 Å². The Balaban J connectivity index is 2.04. The summed E-state index contributed by atoms with van der Waals surface area (Å²) >= 11 is 0. The van der Waals surface area contributed by atoms with E-state index in [0.717, 1.165) is 6.07 Å². The lowest BCUT2D eigenvalue weighted by Crippen LogP contribution is -2.62. The van der Waals surface area contributed by atoms with Crippen molar-refractivity contribution >= 4 is 0 Å². The summed E-state index contributed by atoms with van der Waals surface area (Å²) in [6, 6.07) is 2.19. The van der Waals surface area contributed by atoms with Gasteiger partial charge in [-0.25, -0.2) is 4.39 Å². The van der Waals surface area contributed by atoms with Crippen molar-refractivity contribution in [1.82, 2.24) is 5.32 Å². The molecule has 3 rings (SSSR count). The predicted molar refractivity (Wildman–Crippen MR) is 90.4 cm³/mol. The average Bonchev–Trinajstić information content (AvgIpc) is 3.48. The van der Waals surface area contributed by atoms with Crippen molar-refractivity contribution in [3.05, 3.63) is 34.9 Å². The first-order valence-electron chi connectivity index (χ1n) is 9.65. The van der Waals surface area contributed by atoms with Gasteiger partial charge in [-0.15, -0.1) is 0 Å². The van der Waals surface area contributed by atoms with Crippen LogP contribution in [0.2, 0.25) is 0 Å². The van der Waals surface area contributed by atoms with E-state index in [0.29, 0.717) is 12.6 Å². The third-order valence-electron chi connectivity index (χ3n) is 5.36. The third-order valence-corrected chi connectivity index (χ3v) is 5.36. The number of rotatable bonds is 3. The van der Waals surface area contributed by atoms with Crippen LogP contribution in [-0.4, -0.2) is 43.9 Å². The highest BCUT2D eigenvalue weighted by atomic mass is 19.4. The van der Waals surface area contributed by atoms with Crippen molar-refractivity contribution in [3.8, 4) is 0 Å². The summed E-state index contributed by atoms with van der Waals surface area (Å²) in [6.45, 7) is -0.405. The lowest BCUT2D eigenvalue weighted by molar-refractivity contribution is -0.370. The van der Waals surface area contributed by atoms with E-state index in [9.17, 15) is 43.9 Å². The third kappa shape index (κ3) is 5.14. The lowest BCUT2D eigenvalue weighted by Gasteiger charge is -2.37. The minimum atomic E-state index is -6.37. The summed E-state index contributed by atoms with van der Waals surface area (Å²) in [5, 5.41) is 2.77. The minimum absolute atomic E-state index is 0.0190. The Kier molecular flexibility index (Phi) is 6.76. The SMILES string of the molecule is FC(F)(F)c1cc(C2CN2)cc(C2CC(C(F)(C(F)(F)F)C(F)(F)F)OCCCCO2)c1. The second-order valence-corrected chi connectivity index (χ2v) is 7.72. The summed E-state index contributed by atoms with van der Waals surface area (Å²) in [7, 11) is 0. The highest BCUT2D eigenvalue weighted by Crippen LogP contribution is 2.51. The molecule has 2 heterocycles. The zero-order valence-electron chi connectivity index (χ0n) is 16.3. The van der Waals surface area contributed by atoms with Gasteiger partial charge in [0.05, 0.1) is 11.7 Å². The Morgan fingerprint density at radius 2 is 1.28 bits per heavy atom. The van der Waals surface area contributed by atoms with Crippen molar-refractivity contribution < 1.29 is 53.4 Å². The second-order valence-electron chi connectivity index (χ2n) is 7.72. The number of halogens is 10. The quantitative estimate of drug-likeness (QED) is 0.436. The highest BCUT2D eigenvalue weighted by molar-refractivity contribution is 5.37. The van der Waals surface area contributed by atoms with Gasteiger partial charge in [0.25, 0.3) is 0 Å². The normalized spacial score (nSPS) is 26.2. The zero-order chi connectivity index (χ0) is 23.9. The Bertz CT molecular complexity index is 787. The van der Waals surface area contributed by atoms with Gasteiger partial charge in [-0.05, 0) is 36.1 Å². The minimum Gasteiger partial charge on any atom is -0.374 e. The predicted octanol–water partition coefficient (Wildman–Crippen LogP) is 5.81. The molecule has 3 atom stereocenters. The first kappa shape index (κ1) is 25.0. The van der Waals surface area contributed by atoms with E-state index in [1.165, 1.54) is 6.07 Å². The number of hydrogen-bond donors (Lipinski definition) is 1. The van der Waals surface area contributed by atoms with Crippen molar-refractivity contribution in [1.29, 1.82) is 0 Å². The first-order valence-corrected chi connectivity index (χ1v) is 9.65. The molecule has 0 radical (unpaired) electrons. The molecule has 13 heteroatoms. The van der Waals surface area contributed by atoms with Gasteiger partial charge in [-0.1, -0.05) is 6.07 Å². The summed E-state index contributed by atoms with van der Waals surface area (Å²) in [6.07, 6.45) is -23.5. The van der Waals surface area contributed by atoms with E-state index >= 15 is 0 Å². The molecule has 2 aliphatic rings. The first-order chi connectivity index (χ1) is 14.6. The van der Waals surface area contributed by atoms with E-state index in [2.05, 4.69) is 5.32 Å². The van der Waals surface area contributed by atoms with Gasteiger partial charge < -0.3 is 14.8 Å². The van der Waals surface area contributed by atoms with Gasteiger partial charge in [0.2, 0.25) is 0 Å².